The summed E-state index contributed by atoms with van der Waals surface area (Å²) in [6.45, 7) is 3.51. The van der Waals surface area contributed by atoms with Crippen LogP contribution in [0.4, 0.5) is 0 Å². The van der Waals surface area contributed by atoms with Crippen LogP contribution in [0.2, 0.25) is 0 Å². The van der Waals surface area contributed by atoms with Crippen LogP contribution in [0.5, 0.6) is 5.75 Å². The highest BCUT2D eigenvalue weighted by Gasteiger charge is 2.27. The van der Waals surface area contributed by atoms with Crippen molar-refractivity contribution in [3.8, 4) is 5.75 Å². The van der Waals surface area contributed by atoms with Gasteiger partial charge in [-0.15, -0.1) is 0 Å². The molecular formula is C14H18ClNO4S. The fourth-order valence-corrected chi connectivity index (χ4v) is 3.55. The maximum Gasteiger partial charge on any atom is 0.265 e. The van der Waals surface area contributed by atoms with Gasteiger partial charge in [0.25, 0.3) is 15.0 Å². The Kier molecular flexibility index (Phi) is 4.78. The highest BCUT2D eigenvalue weighted by atomic mass is 35.7. The first kappa shape index (κ1) is 16.1. The first-order chi connectivity index (χ1) is 9.86. The van der Waals surface area contributed by atoms with E-state index in [1.165, 1.54) is 19.2 Å². The van der Waals surface area contributed by atoms with E-state index in [2.05, 4.69) is 6.92 Å². The normalized spacial score (nSPS) is 18.8. The van der Waals surface area contributed by atoms with E-state index in [-0.39, 0.29) is 16.6 Å². The lowest BCUT2D eigenvalue weighted by atomic mass is 10.1. The maximum atomic E-state index is 12.4. The molecule has 0 aliphatic carbocycles. The van der Waals surface area contributed by atoms with Gasteiger partial charge < -0.3 is 9.64 Å². The third-order valence-corrected chi connectivity index (χ3v) is 5.17. The molecule has 0 N–H and O–H groups in total. The van der Waals surface area contributed by atoms with E-state index in [4.69, 9.17) is 15.4 Å². The van der Waals surface area contributed by atoms with Crippen molar-refractivity contribution in [2.75, 3.05) is 20.2 Å². The number of rotatable bonds is 4. The molecule has 1 aliphatic heterocycles. The van der Waals surface area contributed by atoms with Crippen LogP contribution < -0.4 is 4.74 Å². The minimum absolute atomic E-state index is 0.134. The standard InChI is InChI=1S/C14H18ClNO4S/c1-3-10-6-7-16(9-10)14(17)11-4-5-12(20-2)13(8-11)21(15,18)19/h4-5,8,10H,3,6-7,9H2,1-2H3. The quantitative estimate of drug-likeness (QED) is 0.795. The van der Waals surface area contributed by atoms with E-state index in [0.717, 1.165) is 12.8 Å². The zero-order valence-electron chi connectivity index (χ0n) is 12.0. The van der Waals surface area contributed by atoms with Gasteiger partial charge in [-0.05, 0) is 30.5 Å². The molecule has 2 rings (SSSR count). The van der Waals surface area contributed by atoms with Gasteiger partial charge in [-0.2, -0.15) is 0 Å². The molecule has 0 spiro atoms. The average Bonchev–Trinajstić information content (AvgIpc) is 2.93. The molecule has 1 fully saturated rings. The number of amides is 1. The summed E-state index contributed by atoms with van der Waals surface area (Å²) in [5, 5.41) is 0. The highest BCUT2D eigenvalue weighted by Crippen LogP contribution is 2.29. The van der Waals surface area contributed by atoms with E-state index in [0.29, 0.717) is 24.6 Å². The van der Waals surface area contributed by atoms with Crippen molar-refractivity contribution in [3.05, 3.63) is 23.8 Å². The third kappa shape index (κ3) is 3.49. The molecule has 116 valence electrons. The number of likely N-dealkylation sites (tertiary alicyclic amines) is 1. The molecule has 1 aromatic rings. The zero-order chi connectivity index (χ0) is 15.6. The van der Waals surface area contributed by atoms with E-state index in [9.17, 15) is 13.2 Å². The zero-order valence-corrected chi connectivity index (χ0v) is 13.6. The Bertz CT molecular complexity index is 644. The minimum Gasteiger partial charge on any atom is -0.495 e. The Morgan fingerprint density at radius 1 is 1.48 bits per heavy atom. The number of nitrogens with zero attached hydrogens (tertiary/aromatic N) is 1. The molecule has 1 unspecified atom stereocenters. The van der Waals surface area contributed by atoms with Crippen LogP contribution in [0.25, 0.3) is 0 Å². The molecule has 1 heterocycles. The molecule has 1 aliphatic rings. The SMILES string of the molecule is CCC1CCN(C(=O)c2ccc(OC)c(S(=O)(=O)Cl)c2)C1. The van der Waals surface area contributed by atoms with Crippen molar-refractivity contribution in [1.82, 2.24) is 4.90 Å². The number of ether oxygens (including phenoxy) is 1. The van der Waals surface area contributed by atoms with Gasteiger partial charge in [0.05, 0.1) is 7.11 Å². The van der Waals surface area contributed by atoms with Crippen LogP contribution in [0.15, 0.2) is 23.1 Å². The molecule has 21 heavy (non-hydrogen) atoms. The summed E-state index contributed by atoms with van der Waals surface area (Å²) in [7, 11) is 2.78. The van der Waals surface area contributed by atoms with Crippen LogP contribution in [0.1, 0.15) is 30.1 Å². The molecule has 0 radical (unpaired) electrons. The summed E-state index contributed by atoms with van der Waals surface area (Å²) in [4.78, 5) is 14.0. The van der Waals surface area contributed by atoms with Gasteiger partial charge in [0, 0.05) is 29.3 Å². The lowest BCUT2D eigenvalue weighted by molar-refractivity contribution is 0.0786. The second-order valence-electron chi connectivity index (χ2n) is 5.12. The van der Waals surface area contributed by atoms with Crippen molar-refractivity contribution < 1.29 is 17.9 Å². The summed E-state index contributed by atoms with van der Waals surface area (Å²) in [5.41, 5.74) is 0.312. The molecule has 1 atom stereocenters. The molecule has 0 bridgehead atoms. The largest absolute Gasteiger partial charge is 0.495 e. The van der Waals surface area contributed by atoms with Gasteiger partial charge in [-0.3, -0.25) is 4.79 Å². The smallest absolute Gasteiger partial charge is 0.265 e. The minimum atomic E-state index is -3.96. The van der Waals surface area contributed by atoms with Crippen molar-refractivity contribution >= 4 is 25.6 Å². The third-order valence-electron chi connectivity index (χ3n) is 3.82. The predicted molar refractivity (Wildman–Crippen MR) is 80.3 cm³/mol. The fraction of sp³-hybridized carbons (Fsp3) is 0.500. The second-order valence-corrected chi connectivity index (χ2v) is 7.65. The topological polar surface area (TPSA) is 63.7 Å². The average molecular weight is 332 g/mol. The van der Waals surface area contributed by atoms with Crippen LogP contribution >= 0.6 is 10.7 Å². The number of carbonyl (C=O) groups is 1. The summed E-state index contributed by atoms with van der Waals surface area (Å²) < 4.78 is 28.1. The van der Waals surface area contributed by atoms with Gasteiger partial charge in [0.1, 0.15) is 10.6 Å². The fourth-order valence-electron chi connectivity index (χ4n) is 2.53. The molecule has 0 aromatic heterocycles. The van der Waals surface area contributed by atoms with E-state index >= 15 is 0 Å². The van der Waals surface area contributed by atoms with Crippen molar-refractivity contribution in [2.45, 2.75) is 24.7 Å². The van der Waals surface area contributed by atoms with Gasteiger partial charge in [-0.25, -0.2) is 8.42 Å². The van der Waals surface area contributed by atoms with Gasteiger partial charge in [-0.1, -0.05) is 13.3 Å². The van der Waals surface area contributed by atoms with E-state index in [1.807, 2.05) is 0 Å². The molecule has 1 amide bonds. The van der Waals surface area contributed by atoms with Crippen molar-refractivity contribution in [3.63, 3.8) is 0 Å². The number of hydrogen-bond acceptors (Lipinski definition) is 4. The van der Waals surface area contributed by atoms with E-state index < -0.39 is 9.05 Å². The lowest BCUT2D eigenvalue weighted by Gasteiger charge is -2.17. The van der Waals surface area contributed by atoms with E-state index in [1.54, 1.807) is 11.0 Å². The maximum absolute atomic E-state index is 12.4. The Hall–Kier alpha value is -1.27. The number of carbonyl (C=O) groups excluding carboxylic acids is 1. The molecule has 7 heteroatoms. The Balaban J connectivity index is 2.31. The van der Waals surface area contributed by atoms with Gasteiger partial charge >= 0.3 is 0 Å². The monoisotopic (exact) mass is 331 g/mol. The summed E-state index contributed by atoms with van der Waals surface area (Å²) >= 11 is 0. The second kappa shape index (κ2) is 6.23. The molecule has 5 nitrogen and oxygen atoms in total. The molecule has 0 saturated carbocycles. The summed E-state index contributed by atoms with van der Waals surface area (Å²) in [5.74, 6) is 0.480. The number of halogens is 1. The van der Waals surface area contributed by atoms with Gasteiger partial charge in [0.2, 0.25) is 0 Å². The Morgan fingerprint density at radius 2 is 2.19 bits per heavy atom. The van der Waals surface area contributed by atoms with Gasteiger partial charge in [0.15, 0.2) is 0 Å². The first-order valence-electron chi connectivity index (χ1n) is 6.78. The summed E-state index contributed by atoms with van der Waals surface area (Å²) in [6, 6.07) is 4.30. The van der Waals surface area contributed by atoms with Crippen LogP contribution in [0, 0.1) is 5.92 Å². The molecule has 1 aromatic carbocycles. The van der Waals surface area contributed by atoms with Crippen LogP contribution in [-0.4, -0.2) is 39.4 Å². The highest BCUT2D eigenvalue weighted by molar-refractivity contribution is 8.13. The van der Waals surface area contributed by atoms with Crippen molar-refractivity contribution in [1.29, 1.82) is 0 Å². The lowest BCUT2D eigenvalue weighted by Crippen LogP contribution is -2.28. The predicted octanol–water partition coefficient (Wildman–Crippen LogP) is 2.49. The summed E-state index contributed by atoms with van der Waals surface area (Å²) in [6.07, 6.45) is 2.02. The first-order valence-corrected chi connectivity index (χ1v) is 9.09. The van der Waals surface area contributed by atoms with Crippen molar-refractivity contribution in [2.24, 2.45) is 5.92 Å². The van der Waals surface area contributed by atoms with Crippen LogP contribution in [0.3, 0.4) is 0 Å². The molecule has 1 saturated heterocycles. The van der Waals surface area contributed by atoms with Crippen LogP contribution in [-0.2, 0) is 9.05 Å². The number of methoxy groups -OCH3 is 1. The Morgan fingerprint density at radius 3 is 2.71 bits per heavy atom. The number of hydrogen-bond donors (Lipinski definition) is 0. The molecular weight excluding hydrogens is 314 g/mol. The number of benzene rings is 1. The Labute approximate surface area is 129 Å².